The fourth-order valence-electron chi connectivity index (χ4n) is 3.39. The summed E-state index contributed by atoms with van der Waals surface area (Å²) < 4.78 is 0. The number of pyridine rings is 1. The van der Waals surface area contributed by atoms with Gasteiger partial charge in [0.1, 0.15) is 5.82 Å². The predicted octanol–water partition coefficient (Wildman–Crippen LogP) is 4.75. The largest absolute Gasteiger partial charge is 0.370 e. The van der Waals surface area contributed by atoms with Crippen LogP contribution in [0.25, 0.3) is 0 Å². The number of carbonyl (C=O) groups excluding carboxylic acids is 1. The monoisotopic (exact) mass is 363 g/mol. The summed E-state index contributed by atoms with van der Waals surface area (Å²) in [5.41, 5.74) is 3.50. The summed E-state index contributed by atoms with van der Waals surface area (Å²) in [5, 5.41) is 6.34. The van der Waals surface area contributed by atoms with E-state index in [1.807, 2.05) is 24.3 Å². The zero-order valence-electron chi connectivity index (χ0n) is 15.9. The number of hydrogen-bond donors (Lipinski definition) is 2. The molecule has 2 N–H and O–H groups in total. The Hall–Kier alpha value is -2.62. The van der Waals surface area contributed by atoms with Gasteiger partial charge in [-0.2, -0.15) is 0 Å². The highest BCUT2D eigenvalue weighted by Crippen LogP contribution is 2.20. The van der Waals surface area contributed by atoms with E-state index in [1.54, 1.807) is 17.8 Å². The summed E-state index contributed by atoms with van der Waals surface area (Å²) in [5.74, 6) is 0.729. The number of anilines is 1. The molecule has 27 heavy (non-hydrogen) atoms. The van der Waals surface area contributed by atoms with Gasteiger partial charge in [0, 0.05) is 24.8 Å². The van der Waals surface area contributed by atoms with Crippen molar-refractivity contribution in [2.24, 2.45) is 0 Å². The minimum absolute atomic E-state index is 0.0384. The first-order valence-corrected chi connectivity index (χ1v) is 10.0. The van der Waals surface area contributed by atoms with Crippen molar-refractivity contribution in [3.05, 3.63) is 71.4 Å². The first-order valence-electron chi connectivity index (χ1n) is 10.0. The average Bonchev–Trinajstić information content (AvgIpc) is 2.73. The third-order valence-corrected chi connectivity index (χ3v) is 4.93. The lowest BCUT2D eigenvalue weighted by Gasteiger charge is -2.13. The van der Waals surface area contributed by atoms with Gasteiger partial charge in [-0.25, -0.2) is 4.98 Å². The molecule has 2 aromatic rings. The Labute approximate surface area is 162 Å². The maximum atomic E-state index is 12.4. The van der Waals surface area contributed by atoms with E-state index in [0.717, 1.165) is 31.6 Å². The fraction of sp³-hybridized carbons (Fsp3) is 0.391. The highest BCUT2D eigenvalue weighted by atomic mass is 16.1. The van der Waals surface area contributed by atoms with E-state index >= 15 is 0 Å². The normalized spacial score (nSPS) is 13.7. The third-order valence-electron chi connectivity index (χ3n) is 4.93. The van der Waals surface area contributed by atoms with Crippen molar-refractivity contribution in [2.45, 2.75) is 44.9 Å². The number of nitrogens with zero attached hydrogens (tertiary/aromatic N) is 1. The van der Waals surface area contributed by atoms with Crippen LogP contribution in [0.4, 0.5) is 5.82 Å². The van der Waals surface area contributed by atoms with Gasteiger partial charge in [0.25, 0.3) is 5.91 Å². The van der Waals surface area contributed by atoms with Crippen LogP contribution in [0.3, 0.4) is 0 Å². The van der Waals surface area contributed by atoms with E-state index in [1.165, 1.54) is 31.2 Å². The molecule has 142 valence electrons. The Morgan fingerprint density at radius 3 is 2.74 bits per heavy atom. The van der Waals surface area contributed by atoms with Gasteiger partial charge in [-0.15, -0.1) is 0 Å². The molecule has 1 aromatic carbocycles. The smallest absolute Gasteiger partial charge is 0.251 e. The van der Waals surface area contributed by atoms with Crippen LogP contribution in [-0.4, -0.2) is 24.0 Å². The Balaban J connectivity index is 1.40. The summed E-state index contributed by atoms with van der Waals surface area (Å²) in [6.07, 6.45) is 12.1. The molecule has 0 saturated heterocycles. The zero-order valence-corrected chi connectivity index (χ0v) is 15.9. The standard InChI is InChI=1S/C23H29N3O/c27-23(26-15-7-12-19-8-3-1-4-9-19)21-14-17-25-22(18-21)24-16-13-20-10-5-2-6-11-20/h1,3-4,8-10,14,17-18H,2,5-7,11-13,15-16H2,(H,24,25)(H,26,27). The van der Waals surface area contributed by atoms with Crippen LogP contribution in [0.1, 0.15) is 54.4 Å². The summed E-state index contributed by atoms with van der Waals surface area (Å²) >= 11 is 0. The Morgan fingerprint density at radius 2 is 1.93 bits per heavy atom. The van der Waals surface area contributed by atoms with Crippen molar-refractivity contribution in [3.8, 4) is 0 Å². The second-order valence-corrected chi connectivity index (χ2v) is 7.06. The number of amides is 1. The molecule has 0 saturated carbocycles. The molecule has 0 atom stereocenters. The second kappa shape index (κ2) is 10.5. The molecule has 1 aliphatic carbocycles. The topological polar surface area (TPSA) is 54.0 Å². The lowest BCUT2D eigenvalue weighted by Crippen LogP contribution is -2.25. The molecule has 0 bridgehead atoms. The van der Waals surface area contributed by atoms with Crippen molar-refractivity contribution in [3.63, 3.8) is 0 Å². The average molecular weight is 364 g/mol. The van der Waals surface area contributed by atoms with Crippen LogP contribution in [0.15, 0.2) is 60.3 Å². The van der Waals surface area contributed by atoms with Crippen LogP contribution in [0.5, 0.6) is 0 Å². The van der Waals surface area contributed by atoms with Crippen molar-refractivity contribution in [1.82, 2.24) is 10.3 Å². The van der Waals surface area contributed by atoms with E-state index < -0.39 is 0 Å². The van der Waals surface area contributed by atoms with Crippen molar-refractivity contribution < 1.29 is 4.79 Å². The highest BCUT2D eigenvalue weighted by Gasteiger charge is 2.07. The molecule has 4 nitrogen and oxygen atoms in total. The Morgan fingerprint density at radius 1 is 1.04 bits per heavy atom. The maximum absolute atomic E-state index is 12.4. The van der Waals surface area contributed by atoms with Gasteiger partial charge in [0.05, 0.1) is 0 Å². The van der Waals surface area contributed by atoms with Gasteiger partial charge in [0.15, 0.2) is 0 Å². The predicted molar refractivity (Wildman–Crippen MR) is 111 cm³/mol. The third kappa shape index (κ3) is 6.55. The van der Waals surface area contributed by atoms with Crippen LogP contribution >= 0.6 is 0 Å². The Kier molecular flexibility index (Phi) is 7.45. The van der Waals surface area contributed by atoms with Gasteiger partial charge < -0.3 is 10.6 Å². The van der Waals surface area contributed by atoms with E-state index in [9.17, 15) is 4.79 Å². The summed E-state index contributed by atoms with van der Waals surface area (Å²) in [6.45, 7) is 1.54. The molecule has 0 radical (unpaired) electrons. The Bertz CT molecular complexity index is 755. The van der Waals surface area contributed by atoms with Crippen LogP contribution in [0.2, 0.25) is 0 Å². The van der Waals surface area contributed by atoms with Gasteiger partial charge in [-0.1, -0.05) is 42.0 Å². The van der Waals surface area contributed by atoms with E-state index in [2.05, 4.69) is 33.8 Å². The number of nitrogens with one attached hydrogen (secondary N) is 2. The fourth-order valence-corrected chi connectivity index (χ4v) is 3.39. The molecule has 1 amide bonds. The number of benzene rings is 1. The SMILES string of the molecule is O=C(NCCCc1ccccc1)c1ccnc(NCCC2=CCCCC2)c1. The number of hydrogen-bond acceptors (Lipinski definition) is 3. The molecule has 0 aliphatic heterocycles. The minimum atomic E-state index is -0.0384. The van der Waals surface area contributed by atoms with E-state index in [0.29, 0.717) is 12.1 Å². The number of carbonyl (C=O) groups is 1. The lowest BCUT2D eigenvalue weighted by molar-refractivity contribution is 0.0953. The van der Waals surface area contributed by atoms with Crippen LogP contribution < -0.4 is 10.6 Å². The first-order chi connectivity index (χ1) is 13.3. The molecule has 0 spiro atoms. The van der Waals surface area contributed by atoms with Crippen LogP contribution in [-0.2, 0) is 6.42 Å². The summed E-state index contributed by atoms with van der Waals surface area (Å²) in [7, 11) is 0. The number of allylic oxidation sites excluding steroid dienone is 1. The van der Waals surface area contributed by atoms with Gasteiger partial charge >= 0.3 is 0 Å². The molecule has 1 aromatic heterocycles. The summed E-state index contributed by atoms with van der Waals surface area (Å²) in [4.78, 5) is 16.7. The van der Waals surface area contributed by atoms with Gasteiger partial charge in [-0.05, 0) is 62.6 Å². The van der Waals surface area contributed by atoms with Gasteiger partial charge in [-0.3, -0.25) is 4.79 Å². The number of aryl methyl sites for hydroxylation is 1. The molecular weight excluding hydrogens is 334 g/mol. The first kappa shape index (κ1) is 19.2. The van der Waals surface area contributed by atoms with Crippen LogP contribution in [0, 0.1) is 0 Å². The molecular formula is C23H29N3O. The number of rotatable bonds is 9. The molecule has 0 unspecified atom stereocenters. The van der Waals surface area contributed by atoms with Crippen molar-refractivity contribution >= 4 is 11.7 Å². The molecule has 4 heteroatoms. The number of aromatic nitrogens is 1. The molecule has 1 aliphatic rings. The van der Waals surface area contributed by atoms with E-state index in [-0.39, 0.29) is 5.91 Å². The quantitative estimate of drug-likeness (QED) is 0.499. The van der Waals surface area contributed by atoms with Crippen molar-refractivity contribution in [1.29, 1.82) is 0 Å². The molecule has 0 fully saturated rings. The zero-order chi connectivity index (χ0) is 18.7. The molecule has 3 rings (SSSR count). The van der Waals surface area contributed by atoms with Crippen molar-refractivity contribution in [2.75, 3.05) is 18.4 Å². The second-order valence-electron chi connectivity index (χ2n) is 7.06. The summed E-state index contributed by atoms with van der Waals surface area (Å²) in [6, 6.07) is 13.9. The molecule has 1 heterocycles. The highest BCUT2D eigenvalue weighted by molar-refractivity contribution is 5.94. The lowest BCUT2D eigenvalue weighted by atomic mass is 9.97. The van der Waals surface area contributed by atoms with Gasteiger partial charge in [0.2, 0.25) is 0 Å². The maximum Gasteiger partial charge on any atom is 0.251 e. The minimum Gasteiger partial charge on any atom is -0.370 e. The van der Waals surface area contributed by atoms with E-state index in [4.69, 9.17) is 0 Å².